The molecule has 0 aliphatic carbocycles. The zero-order valence-corrected chi connectivity index (χ0v) is 10.2. The first kappa shape index (κ1) is 12.5. The third-order valence-electron chi connectivity index (χ3n) is 2.48. The minimum atomic E-state index is 1.09. The summed E-state index contributed by atoms with van der Waals surface area (Å²) in [7, 11) is 0. The van der Waals surface area contributed by atoms with Crippen LogP contribution in [0.5, 0.6) is 0 Å². The third-order valence-corrected chi connectivity index (χ3v) is 2.48. The normalized spacial score (nSPS) is 11.4. The summed E-state index contributed by atoms with van der Waals surface area (Å²) in [5, 5.41) is 0. The lowest BCUT2D eigenvalue weighted by molar-refractivity contribution is 0.919. The van der Waals surface area contributed by atoms with Crippen LogP contribution < -0.4 is 0 Å². The van der Waals surface area contributed by atoms with Crippen LogP contribution in [0.1, 0.15) is 31.4 Å². The van der Waals surface area contributed by atoms with Gasteiger partial charge in [0.1, 0.15) is 0 Å². The van der Waals surface area contributed by atoms with Gasteiger partial charge in [-0.05, 0) is 30.0 Å². The first-order chi connectivity index (χ1) is 7.79. The van der Waals surface area contributed by atoms with Crippen LogP contribution in [0.25, 0.3) is 5.57 Å². The van der Waals surface area contributed by atoms with E-state index in [4.69, 9.17) is 0 Å². The molecule has 0 N–H and O–H groups in total. The van der Waals surface area contributed by atoms with Gasteiger partial charge in [0, 0.05) is 0 Å². The van der Waals surface area contributed by atoms with Crippen molar-refractivity contribution in [1.29, 1.82) is 0 Å². The van der Waals surface area contributed by atoms with E-state index in [9.17, 15) is 0 Å². The van der Waals surface area contributed by atoms with Crippen molar-refractivity contribution in [3.8, 4) is 0 Å². The molecule has 0 aliphatic rings. The van der Waals surface area contributed by atoms with Gasteiger partial charge in [-0.15, -0.1) is 0 Å². The van der Waals surface area contributed by atoms with Gasteiger partial charge >= 0.3 is 0 Å². The second-order valence-electron chi connectivity index (χ2n) is 3.82. The Balaban J connectivity index is 2.89. The molecular formula is C16H20. The molecule has 0 saturated heterocycles. The fourth-order valence-corrected chi connectivity index (χ4v) is 1.69. The largest absolute Gasteiger partial charge is 0.0911 e. The van der Waals surface area contributed by atoms with E-state index in [-0.39, 0.29) is 0 Å². The second kappa shape index (κ2) is 6.84. The predicted molar refractivity (Wildman–Crippen MR) is 73.4 cm³/mol. The standard InChI is InChI=1S/C16H20/c1-4-6-7-11-14(3)16-13-9-8-12-15(16)10-5-2/h4,6-9,11-13H,3,5,10H2,1-2H3/b6-4-,11-7-. The lowest BCUT2D eigenvalue weighted by atomic mass is 9.97. The molecule has 16 heavy (non-hydrogen) atoms. The fraction of sp³-hybridized carbons (Fsp3) is 0.250. The molecule has 0 amide bonds. The summed E-state index contributed by atoms with van der Waals surface area (Å²) < 4.78 is 0. The number of allylic oxidation sites excluding steroid dienone is 5. The zero-order chi connectivity index (χ0) is 11.8. The number of hydrogen-bond acceptors (Lipinski definition) is 0. The van der Waals surface area contributed by atoms with Crippen molar-refractivity contribution in [2.24, 2.45) is 0 Å². The van der Waals surface area contributed by atoms with Gasteiger partial charge in [0.05, 0.1) is 0 Å². The Bertz CT molecular complexity index is 394. The topological polar surface area (TPSA) is 0 Å². The highest BCUT2D eigenvalue weighted by Gasteiger charge is 2.01. The lowest BCUT2D eigenvalue weighted by Gasteiger charge is -2.08. The van der Waals surface area contributed by atoms with Crippen LogP contribution in [0.15, 0.2) is 55.1 Å². The van der Waals surface area contributed by atoms with Crippen LogP contribution in [0, 0.1) is 0 Å². The van der Waals surface area contributed by atoms with Crippen molar-refractivity contribution < 1.29 is 0 Å². The summed E-state index contributed by atoms with van der Waals surface area (Å²) in [5.41, 5.74) is 3.74. The molecule has 1 rings (SSSR count). The average Bonchev–Trinajstić information content (AvgIpc) is 2.30. The van der Waals surface area contributed by atoms with Crippen LogP contribution in [0.3, 0.4) is 0 Å². The highest BCUT2D eigenvalue weighted by Crippen LogP contribution is 2.20. The first-order valence-corrected chi connectivity index (χ1v) is 5.86. The number of aryl methyl sites for hydroxylation is 1. The first-order valence-electron chi connectivity index (χ1n) is 5.86. The molecule has 0 radical (unpaired) electrons. The minimum Gasteiger partial charge on any atom is -0.0911 e. The van der Waals surface area contributed by atoms with Crippen LogP contribution >= 0.6 is 0 Å². The van der Waals surface area contributed by atoms with Gasteiger partial charge in [-0.2, -0.15) is 0 Å². The maximum atomic E-state index is 4.12. The quantitative estimate of drug-likeness (QED) is 0.616. The Morgan fingerprint density at radius 3 is 2.69 bits per heavy atom. The molecule has 0 bridgehead atoms. The van der Waals surface area contributed by atoms with Crippen molar-refractivity contribution in [2.45, 2.75) is 26.7 Å². The highest BCUT2D eigenvalue weighted by atomic mass is 14.1. The molecule has 0 saturated carbocycles. The highest BCUT2D eigenvalue weighted by molar-refractivity contribution is 5.74. The lowest BCUT2D eigenvalue weighted by Crippen LogP contribution is -1.90. The second-order valence-corrected chi connectivity index (χ2v) is 3.82. The monoisotopic (exact) mass is 212 g/mol. The Morgan fingerprint density at radius 2 is 2.00 bits per heavy atom. The molecule has 0 nitrogen and oxygen atoms in total. The van der Waals surface area contributed by atoms with Gasteiger partial charge in [0.2, 0.25) is 0 Å². The van der Waals surface area contributed by atoms with Crippen LogP contribution in [-0.2, 0) is 6.42 Å². The van der Waals surface area contributed by atoms with E-state index in [1.807, 2.05) is 25.2 Å². The van der Waals surface area contributed by atoms with Crippen molar-refractivity contribution >= 4 is 5.57 Å². The summed E-state index contributed by atoms with van der Waals surface area (Å²) in [6.07, 6.45) is 10.4. The molecule has 1 aromatic carbocycles. The van der Waals surface area contributed by atoms with Crippen molar-refractivity contribution in [2.75, 3.05) is 0 Å². The number of rotatable bonds is 5. The molecule has 0 heterocycles. The molecule has 0 atom stereocenters. The van der Waals surface area contributed by atoms with E-state index in [0.29, 0.717) is 0 Å². The molecule has 0 unspecified atom stereocenters. The van der Waals surface area contributed by atoms with E-state index in [1.54, 1.807) is 0 Å². The maximum absolute atomic E-state index is 4.12. The summed E-state index contributed by atoms with van der Waals surface area (Å²) >= 11 is 0. The van der Waals surface area contributed by atoms with Crippen molar-refractivity contribution in [3.63, 3.8) is 0 Å². The van der Waals surface area contributed by atoms with Crippen LogP contribution in [-0.4, -0.2) is 0 Å². The van der Waals surface area contributed by atoms with Crippen LogP contribution in [0.2, 0.25) is 0 Å². The molecule has 0 spiro atoms. The molecule has 1 aromatic rings. The predicted octanol–water partition coefficient (Wildman–Crippen LogP) is 4.78. The number of benzene rings is 1. The molecule has 0 aliphatic heterocycles. The summed E-state index contributed by atoms with van der Waals surface area (Å²) in [6, 6.07) is 8.50. The van der Waals surface area contributed by atoms with E-state index in [0.717, 1.165) is 12.0 Å². The zero-order valence-electron chi connectivity index (χ0n) is 10.2. The summed E-state index contributed by atoms with van der Waals surface area (Å²) in [6.45, 7) is 8.33. The van der Waals surface area contributed by atoms with Gasteiger partial charge in [0.15, 0.2) is 0 Å². The van der Waals surface area contributed by atoms with Gasteiger partial charge in [-0.3, -0.25) is 0 Å². The number of hydrogen-bond donors (Lipinski definition) is 0. The minimum absolute atomic E-state index is 1.09. The Hall–Kier alpha value is -1.56. The maximum Gasteiger partial charge on any atom is -0.0158 e. The Morgan fingerprint density at radius 1 is 1.25 bits per heavy atom. The van der Waals surface area contributed by atoms with Gasteiger partial charge in [0.25, 0.3) is 0 Å². The van der Waals surface area contributed by atoms with Gasteiger partial charge in [-0.25, -0.2) is 0 Å². The van der Waals surface area contributed by atoms with Gasteiger partial charge < -0.3 is 0 Å². The molecule has 84 valence electrons. The molecule has 0 fully saturated rings. The van der Waals surface area contributed by atoms with Crippen molar-refractivity contribution in [1.82, 2.24) is 0 Å². The summed E-state index contributed by atoms with van der Waals surface area (Å²) in [4.78, 5) is 0. The Kier molecular flexibility index (Phi) is 5.35. The van der Waals surface area contributed by atoms with E-state index in [1.165, 1.54) is 17.5 Å². The Labute approximate surface area is 99.0 Å². The van der Waals surface area contributed by atoms with E-state index in [2.05, 4.69) is 43.8 Å². The van der Waals surface area contributed by atoms with E-state index >= 15 is 0 Å². The smallest absolute Gasteiger partial charge is 0.0158 e. The van der Waals surface area contributed by atoms with Gasteiger partial charge in [-0.1, -0.05) is 68.5 Å². The SMILES string of the molecule is C=C(/C=C\C=C/C)c1ccccc1CCC. The molecular weight excluding hydrogens is 192 g/mol. The van der Waals surface area contributed by atoms with Crippen LogP contribution in [0.4, 0.5) is 0 Å². The average molecular weight is 212 g/mol. The van der Waals surface area contributed by atoms with Crippen molar-refractivity contribution in [3.05, 3.63) is 66.3 Å². The molecule has 0 heteroatoms. The van der Waals surface area contributed by atoms with E-state index < -0.39 is 0 Å². The molecule has 0 aromatic heterocycles. The summed E-state index contributed by atoms with van der Waals surface area (Å²) in [5.74, 6) is 0. The fourth-order valence-electron chi connectivity index (χ4n) is 1.69. The third kappa shape index (κ3) is 3.54.